The molecule has 0 aliphatic heterocycles. The summed E-state index contributed by atoms with van der Waals surface area (Å²) in [5, 5.41) is 20.0. The molecule has 0 saturated carbocycles. The zero-order valence-corrected chi connectivity index (χ0v) is 5.56. The molecule has 0 rings (SSSR count). The van der Waals surface area contributed by atoms with Gasteiger partial charge in [0.1, 0.15) is 0 Å². The second-order valence-corrected chi connectivity index (χ2v) is 1.22. The lowest BCUT2D eigenvalue weighted by Crippen LogP contribution is -1.83. The smallest absolute Gasteiger partial charge is 0.328 e. The van der Waals surface area contributed by atoms with Crippen molar-refractivity contribution >= 4 is 5.97 Å². The maximum atomic E-state index is 9.75. The van der Waals surface area contributed by atoms with Crippen molar-refractivity contribution < 1.29 is 20.4 Å². The summed E-state index contributed by atoms with van der Waals surface area (Å²) in [6.07, 6.45) is 5.98. The van der Waals surface area contributed by atoms with Crippen LogP contribution in [0.5, 0.6) is 0 Å². The topological polar surface area (TPSA) is 77.8 Å². The standard InChI is InChI=1S/C6H8O2.H2O2/c1-2-3-4-5-6(7)8;1-2/h2-5H,1H3,(H,7,8);1-2H. The summed E-state index contributed by atoms with van der Waals surface area (Å²) in [6.45, 7) is 1.83. The minimum absolute atomic E-state index is 0.914. The molecular weight excluding hydrogens is 136 g/mol. The third-order valence-corrected chi connectivity index (χ3v) is 0.542. The SMILES string of the molecule is CC=CC=CC(=O)O.OO. The Hall–Kier alpha value is -1.13. The van der Waals surface area contributed by atoms with Crippen molar-refractivity contribution in [1.82, 2.24) is 0 Å². The largest absolute Gasteiger partial charge is 0.478 e. The molecule has 4 heteroatoms. The number of aliphatic carboxylic acids is 1. The van der Waals surface area contributed by atoms with Crippen LogP contribution in [0.15, 0.2) is 24.3 Å². The number of hydrogen-bond acceptors (Lipinski definition) is 3. The fourth-order valence-corrected chi connectivity index (χ4v) is 0.249. The maximum Gasteiger partial charge on any atom is 0.328 e. The van der Waals surface area contributed by atoms with Gasteiger partial charge in [0.2, 0.25) is 0 Å². The van der Waals surface area contributed by atoms with E-state index in [1.165, 1.54) is 6.08 Å². The molecule has 4 nitrogen and oxygen atoms in total. The van der Waals surface area contributed by atoms with Gasteiger partial charge in [-0.2, -0.15) is 0 Å². The van der Waals surface area contributed by atoms with E-state index in [1.807, 2.05) is 6.92 Å². The summed E-state index contributed by atoms with van der Waals surface area (Å²) in [6, 6.07) is 0. The summed E-state index contributed by atoms with van der Waals surface area (Å²) in [7, 11) is 0. The first-order chi connectivity index (χ1) is 4.77. The highest BCUT2D eigenvalue weighted by molar-refractivity contribution is 5.80. The second kappa shape index (κ2) is 10.8. The number of allylic oxidation sites excluding steroid dienone is 3. The number of carboxylic acid groups (broad SMARTS) is 1. The Balaban J connectivity index is 0. The van der Waals surface area contributed by atoms with Crippen molar-refractivity contribution in [2.24, 2.45) is 0 Å². The average Bonchev–Trinajstić information content (AvgIpc) is 1.92. The first-order valence-corrected chi connectivity index (χ1v) is 2.49. The normalized spacial score (nSPS) is 9.50. The monoisotopic (exact) mass is 146 g/mol. The quantitative estimate of drug-likeness (QED) is 0.237. The molecule has 58 valence electrons. The molecule has 0 aliphatic carbocycles. The zero-order chi connectivity index (χ0) is 8.41. The highest BCUT2D eigenvalue weighted by Gasteiger charge is 1.78. The van der Waals surface area contributed by atoms with Crippen molar-refractivity contribution in [2.75, 3.05) is 0 Å². The molecule has 0 aromatic heterocycles. The van der Waals surface area contributed by atoms with Crippen molar-refractivity contribution in [1.29, 1.82) is 0 Å². The van der Waals surface area contributed by atoms with Crippen LogP contribution >= 0.6 is 0 Å². The van der Waals surface area contributed by atoms with E-state index < -0.39 is 5.97 Å². The third kappa shape index (κ3) is 15.8. The Labute approximate surface area is 58.7 Å². The van der Waals surface area contributed by atoms with Crippen LogP contribution in [0.4, 0.5) is 0 Å². The van der Waals surface area contributed by atoms with E-state index in [2.05, 4.69) is 0 Å². The van der Waals surface area contributed by atoms with Crippen LogP contribution < -0.4 is 0 Å². The number of carbonyl (C=O) groups is 1. The van der Waals surface area contributed by atoms with Gasteiger partial charge in [-0.25, -0.2) is 4.79 Å². The molecule has 0 unspecified atom stereocenters. The number of hydrogen-bond donors (Lipinski definition) is 3. The third-order valence-electron chi connectivity index (χ3n) is 0.542. The van der Waals surface area contributed by atoms with Crippen molar-refractivity contribution in [2.45, 2.75) is 6.92 Å². The van der Waals surface area contributed by atoms with Crippen LogP contribution in [0.3, 0.4) is 0 Å². The van der Waals surface area contributed by atoms with E-state index in [4.69, 9.17) is 15.6 Å². The summed E-state index contributed by atoms with van der Waals surface area (Å²) in [5.41, 5.74) is 0. The van der Waals surface area contributed by atoms with E-state index in [0.717, 1.165) is 6.08 Å². The predicted molar refractivity (Wildman–Crippen MR) is 36.8 cm³/mol. The van der Waals surface area contributed by atoms with E-state index >= 15 is 0 Å². The van der Waals surface area contributed by atoms with E-state index in [0.29, 0.717) is 0 Å². The number of carboxylic acids is 1. The highest BCUT2D eigenvalue weighted by atomic mass is 17.0. The van der Waals surface area contributed by atoms with Crippen LogP contribution in [0.2, 0.25) is 0 Å². The molecule has 0 spiro atoms. The van der Waals surface area contributed by atoms with Gasteiger partial charge in [-0.05, 0) is 6.92 Å². The molecule has 0 heterocycles. The summed E-state index contributed by atoms with van der Waals surface area (Å²) < 4.78 is 0. The molecule has 0 atom stereocenters. The van der Waals surface area contributed by atoms with Gasteiger partial charge >= 0.3 is 5.97 Å². The second-order valence-electron chi connectivity index (χ2n) is 1.22. The minimum atomic E-state index is -0.914. The molecule has 0 aliphatic rings. The predicted octanol–water partition coefficient (Wildman–Crippen LogP) is 1.22. The lowest BCUT2D eigenvalue weighted by atomic mass is 10.4. The van der Waals surface area contributed by atoms with Crippen molar-refractivity contribution in [3.63, 3.8) is 0 Å². The number of rotatable bonds is 2. The molecule has 0 bridgehead atoms. The molecule has 0 fully saturated rings. The van der Waals surface area contributed by atoms with Gasteiger partial charge < -0.3 is 5.11 Å². The van der Waals surface area contributed by atoms with Crippen LogP contribution in [0.1, 0.15) is 6.92 Å². The van der Waals surface area contributed by atoms with Gasteiger partial charge in [-0.15, -0.1) is 0 Å². The van der Waals surface area contributed by atoms with Crippen molar-refractivity contribution in [3.05, 3.63) is 24.3 Å². The molecule has 10 heavy (non-hydrogen) atoms. The summed E-state index contributed by atoms with van der Waals surface area (Å²) in [4.78, 5) is 9.75. The molecule has 0 saturated heterocycles. The maximum absolute atomic E-state index is 9.75. The molecular formula is C6H10O4. The molecule has 0 aromatic carbocycles. The average molecular weight is 146 g/mol. The van der Waals surface area contributed by atoms with Gasteiger partial charge in [0.25, 0.3) is 0 Å². The molecule has 3 N–H and O–H groups in total. The van der Waals surface area contributed by atoms with Gasteiger partial charge in [-0.3, -0.25) is 10.5 Å². The first-order valence-electron chi connectivity index (χ1n) is 2.49. The van der Waals surface area contributed by atoms with E-state index in [-0.39, 0.29) is 0 Å². The highest BCUT2D eigenvalue weighted by Crippen LogP contribution is 1.74. The Bertz CT molecular complexity index is 126. The molecule has 0 aromatic rings. The van der Waals surface area contributed by atoms with E-state index in [9.17, 15) is 4.79 Å². The fourth-order valence-electron chi connectivity index (χ4n) is 0.249. The van der Waals surface area contributed by atoms with Crippen LogP contribution in [0.25, 0.3) is 0 Å². The van der Waals surface area contributed by atoms with Crippen LogP contribution in [-0.2, 0) is 4.79 Å². The zero-order valence-electron chi connectivity index (χ0n) is 5.56. The molecule has 0 amide bonds. The Morgan fingerprint density at radius 3 is 2.10 bits per heavy atom. The van der Waals surface area contributed by atoms with Gasteiger partial charge in [0.15, 0.2) is 0 Å². The van der Waals surface area contributed by atoms with Gasteiger partial charge in [0.05, 0.1) is 0 Å². The van der Waals surface area contributed by atoms with Crippen LogP contribution in [-0.4, -0.2) is 21.6 Å². The lowest BCUT2D eigenvalue weighted by molar-refractivity contribution is -0.176. The van der Waals surface area contributed by atoms with Crippen LogP contribution in [0, 0.1) is 0 Å². The van der Waals surface area contributed by atoms with Crippen molar-refractivity contribution in [3.8, 4) is 0 Å². The Kier molecular flexibility index (Phi) is 12.5. The lowest BCUT2D eigenvalue weighted by Gasteiger charge is -1.72. The molecule has 0 radical (unpaired) electrons. The Morgan fingerprint density at radius 1 is 1.30 bits per heavy atom. The first kappa shape index (κ1) is 11.6. The summed E-state index contributed by atoms with van der Waals surface area (Å²) in [5.74, 6) is -0.914. The fraction of sp³-hybridized carbons (Fsp3) is 0.167. The minimum Gasteiger partial charge on any atom is -0.478 e. The van der Waals surface area contributed by atoms with Gasteiger partial charge in [-0.1, -0.05) is 18.2 Å². The summed E-state index contributed by atoms with van der Waals surface area (Å²) >= 11 is 0. The van der Waals surface area contributed by atoms with Gasteiger partial charge in [0, 0.05) is 6.08 Å². The van der Waals surface area contributed by atoms with E-state index in [1.54, 1.807) is 12.2 Å². The Morgan fingerprint density at radius 2 is 1.80 bits per heavy atom.